The van der Waals surface area contributed by atoms with E-state index < -0.39 is 5.97 Å². The molecule has 0 spiro atoms. The highest BCUT2D eigenvalue weighted by Crippen LogP contribution is 2.48. The molecule has 92 valence electrons. The maximum absolute atomic E-state index is 10.8. The van der Waals surface area contributed by atoms with Crippen LogP contribution in [0.1, 0.15) is 36.3 Å². The number of aromatic hydroxyl groups is 2. The minimum absolute atomic E-state index is 0.0302. The van der Waals surface area contributed by atoms with E-state index in [2.05, 4.69) is 0 Å². The first-order valence-corrected chi connectivity index (χ1v) is 5.74. The molecule has 0 aliphatic heterocycles. The van der Waals surface area contributed by atoms with Crippen LogP contribution < -0.4 is 0 Å². The van der Waals surface area contributed by atoms with Gasteiger partial charge in [0.05, 0.1) is 6.42 Å². The summed E-state index contributed by atoms with van der Waals surface area (Å²) in [4.78, 5) is 10.8. The van der Waals surface area contributed by atoms with E-state index in [-0.39, 0.29) is 23.8 Å². The Kier molecular flexibility index (Phi) is 2.96. The summed E-state index contributed by atoms with van der Waals surface area (Å²) in [6, 6.07) is 3.14. The molecule has 1 unspecified atom stereocenters. The molecule has 1 saturated carbocycles. The van der Waals surface area contributed by atoms with Crippen LogP contribution in [0.4, 0.5) is 0 Å². The normalized spacial score (nSPS) is 16.8. The molecular formula is C13H16O4. The van der Waals surface area contributed by atoms with E-state index in [1.807, 2.05) is 0 Å². The Morgan fingerprint density at radius 3 is 2.59 bits per heavy atom. The van der Waals surface area contributed by atoms with Gasteiger partial charge in [-0.25, -0.2) is 0 Å². The summed E-state index contributed by atoms with van der Waals surface area (Å²) in [5.41, 5.74) is 1.06. The van der Waals surface area contributed by atoms with Crippen molar-refractivity contribution in [3.8, 4) is 11.5 Å². The number of hydrogen-bond acceptors (Lipinski definition) is 3. The van der Waals surface area contributed by atoms with Crippen molar-refractivity contribution < 1.29 is 20.1 Å². The van der Waals surface area contributed by atoms with Crippen LogP contribution in [0.15, 0.2) is 12.1 Å². The molecule has 1 aromatic rings. The zero-order valence-corrected chi connectivity index (χ0v) is 9.68. The Bertz CT molecular complexity index is 449. The third-order valence-corrected chi connectivity index (χ3v) is 3.42. The molecule has 1 aliphatic rings. The molecule has 1 atom stereocenters. The summed E-state index contributed by atoms with van der Waals surface area (Å²) in [5, 5.41) is 28.4. The number of benzene rings is 1. The monoisotopic (exact) mass is 236 g/mol. The molecule has 0 bridgehead atoms. The van der Waals surface area contributed by atoms with Gasteiger partial charge in [0.15, 0.2) is 0 Å². The molecule has 0 amide bonds. The number of carbonyl (C=O) groups is 1. The van der Waals surface area contributed by atoms with E-state index in [1.54, 1.807) is 13.0 Å². The van der Waals surface area contributed by atoms with E-state index in [9.17, 15) is 15.0 Å². The number of carboxylic acids is 1. The average Bonchev–Trinajstić information content (AvgIpc) is 3.07. The number of rotatable bonds is 4. The summed E-state index contributed by atoms with van der Waals surface area (Å²) < 4.78 is 0. The lowest BCUT2D eigenvalue weighted by molar-refractivity contribution is -0.137. The van der Waals surface area contributed by atoms with Gasteiger partial charge in [-0.15, -0.1) is 0 Å². The minimum Gasteiger partial charge on any atom is -0.508 e. The highest BCUT2D eigenvalue weighted by molar-refractivity contribution is 5.68. The molecule has 17 heavy (non-hydrogen) atoms. The smallest absolute Gasteiger partial charge is 0.303 e. The van der Waals surface area contributed by atoms with Crippen LogP contribution in [-0.4, -0.2) is 21.3 Å². The first-order valence-electron chi connectivity index (χ1n) is 5.74. The van der Waals surface area contributed by atoms with Crippen molar-refractivity contribution >= 4 is 5.97 Å². The summed E-state index contributed by atoms with van der Waals surface area (Å²) in [6.45, 7) is 1.62. The number of phenols is 2. The predicted octanol–water partition coefficient (Wildman–Crippen LogP) is 2.37. The van der Waals surface area contributed by atoms with Crippen molar-refractivity contribution in [2.75, 3.05) is 0 Å². The third-order valence-electron chi connectivity index (χ3n) is 3.42. The zero-order chi connectivity index (χ0) is 12.6. The summed E-state index contributed by atoms with van der Waals surface area (Å²) in [5.74, 6) is -0.584. The van der Waals surface area contributed by atoms with Crippen molar-refractivity contribution in [3.63, 3.8) is 0 Å². The molecule has 1 aromatic carbocycles. The summed E-state index contributed by atoms with van der Waals surface area (Å²) in [7, 11) is 0. The van der Waals surface area contributed by atoms with Crippen molar-refractivity contribution in [1.29, 1.82) is 0 Å². The van der Waals surface area contributed by atoms with Gasteiger partial charge in [0, 0.05) is 11.5 Å². The van der Waals surface area contributed by atoms with Crippen molar-refractivity contribution in [1.82, 2.24) is 0 Å². The standard InChI is InChI=1S/C13H16O4/c1-7-11(14)5-4-9(13(7)17)10(6-12(15)16)8-2-3-8/h4-5,8,10,14,17H,2-3,6H2,1H3,(H,15,16). The van der Waals surface area contributed by atoms with Crippen molar-refractivity contribution in [2.24, 2.45) is 5.92 Å². The van der Waals surface area contributed by atoms with Gasteiger partial charge < -0.3 is 15.3 Å². The quantitative estimate of drug-likeness (QED) is 0.750. The van der Waals surface area contributed by atoms with E-state index in [1.165, 1.54) is 6.07 Å². The molecule has 4 nitrogen and oxygen atoms in total. The Balaban J connectivity index is 2.35. The van der Waals surface area contributed by atoms with E-state index in [4.69, 9.17) is 5.11 Å². The maximum atomic E-state index is 10.8. The lowest BCUT2D eigenvalue weighted by Crippen LogP contribution is -2.09. The second-order valence-electron chi connectivity index (χ2n) is 4.69. The third kappa shape index (κ3) is 2.35. The van der Waals surface area contributed by atoms with Gasteiger partial charge in [-0.05, 0) is 37.3 Å². The molecule has 0 heterocycles. The lowest BCUT2D eigenvalue weighted by atomic mass is 9.89. The molecule has 4 heteroatoms. The summed E-state index contributed by atoms with van der Waals surface area (Å²) >= 11 is 0. The van der Waals surface area contributed by atoms with E-state index in [0.29, 0.717) is 17.0 Å². The van der Waals surface area contributed by atoms with Crippen LogP contribution in [0.3, 0.4) is 0 Å². The van der Waals surface area contributed by atoms with E-state index >= 15 is 0 Å². The molecule has 2 rings (SSSR count). The fraction of sp³-hybridized carbons (Fsp3) is 0.462. The number of phenolic OH excluding ortho intramolecular Hbond substituents is 2. The average molecular weight is 236 g/mol. The Labute approximate surface area is 99.5 Å². The van der Waals surface area contributed by atoms with Gasteiger partial charge in [-0.2, -0.15) is 0 Å². The van der Waals surface area contributed by atoms with Crippen LogP contribution in [0.5, 0.6) is 11.5 Å². The Morgan fingerprint density at radius 2 is 2.06 bits per heavy atom. The van der Waals surface area contributed by atoms with Crippen LogP contribution >= 0.6 is 0 Å². The second kappa shape index (κ2) is 4.28. The Morgan fingerprint density at radius 1 is 1.41 bits per heavy atom. The first-order chi connectivity index (χ1) is 8.00. The van der Waals surface area contributed by atoms with Gasteiger partial charge in [0.25, 0.3) is 0 Å². The number of aliphatic carboxylic acids is 1. The SMILES string of the molecule is Cc1c(O)ccc(C(CC(=O)O)C2CC2)c1O. The molecule has 3 N–H and O–H groups in total. The highest BCUT2D eigenvalue weighted by atomic mass is 16.4. The second-order valence-corrected chi connectivity index (χ2v) is 4.69. The van der Waals surface area contributed by atoms with Gasteiger partial charge in [-0.1, -0.05) is 6.07 Å². The lowest BCUT2D eigenvalue weighted by Gasteiger charge is -2.17. The largest absolute Gasteiger partial charge is 0.508 e. The zero-order valence-electron chi connectivity index (χ0n) is 9.68. The van der Waals surface area contributed by atoms with Gasteiger partial charge in [0.1, 0.15) is 11.5 Å². The molecule has 1 aliphatic carbocycles. The first kappa shape index (κ1) is 11.8. The van der Waals surface area contributed by atoms with Crippen LogP contribution in [-0.2, 0) is 4.79 Å². The van der Waals surface area contributed by atoms with Crippen LogP contribution in [0, 0.1) is 12.8 Å². The Hall–Kier alpha value is -1.71. The fourth-order valence-electron chi connectivity index (χ4n) is 2.23. The summed E-state index contributed by atoms with van der Waals surface area (Å²) in [6.07, 6.45) is 2.05. The van der Waals surface area contributed by atoms with Gasteiger partial charge in [-0.3, -0.25) is 4.79 Å². The van der Waals surface area contributed by atoms with Gasteiger partial charge >= 0.3 is 5.97 Å². The van der Waals surface area contributed by atoms with E-state index in [0.717, 1.165) is 12.8 Å². The number of carboxylic acid groups (broad SMARTS) is 1. The van der Waals surface area contributed by atoms with Crippen LogP contribution in [0.2, 0.25) is 0 Å². The molecule has 1 fully saturated rings. The maximum Gasteiger partial charge on any atom is 0.303 e. The topological polar surface area (TPSA) is 77.8 Å². The van der Waals surface area contributed by atoms with Crippen molar-refractivity contribution in [2.45, 2.75) is 32.1 Å². The highest BCUT2D eigenvalue weighted by Gasteiger charge is 2.35. The van der Waals surface area contributed by atoms with Crippen LogP contribution in [0.25, 0.3) is 0 Å². The van der Waals surface area contributed by atoms with Crippen molar-refractivity contribution in [3.05, 3.63) is 23.3 Å². The minimum atomic E-state index is -0.855. The number of hydrogen-bond donors (Lipinski definition) is 3. The van der Waals surface area contributed by atoms with Gasteiger partial charge in [0.2, 0.25) is 0 Å². The molecule has 0 radical (unpaired) electrons. The fourth-order valence-corrected chi connectivity index (χ4v) is 2.23. The predicted molar refractivity (Wildman–Crippen MR) is 62.2 cm³/mol. The molecular weight excluding hydrogens is 220 g/mol. The molecule has 0 aromatic heterocycles. The molecule has 0 saturated heterocycles.